The summed E-state index contributed by atoms with van der Waals surface area (Å²) in [6, 6.07) is 45.1. The van der Waals surface area contributed by atoms with Crippen molar-refractivity contribution in [2.75, 3.05) is 18.5 Å². The van der Waals surface area contributed by atoms with E-state index in [2.05, 4.69) is 58.7 Å². The van der Waals surface area contributed by atoms with Crippen LogP contribution in [0, 0.1) is 0 Å². The van der Waals surface area contributed by atoms with Crippen molar-refractivity contribution in [1.82, 2.24) is 4.90 Å². The van der Waals surface area contributed by atoms with Gasteiger partial charge in [0, 0.05) is 25.2 Å². The quantitative estimate of drug-likeness (QED) is 0.179. The molecule has 0 saturated carbocycles. The minimum absolute atomic E-state index is 0.232. The molecule has 1 amide bonds. The highest BCUT2D eigenvalue weighted by atomic mass is 16.5. The van der Waals surface area contributed by atoms with E-state index in [1.807, 2.05) is 78.9 Å². The molecule has 5 aromatic carbocycles. The first-order chi connectivity index (χ1) is 19.7. The normalized spacial score (nSPS) is 10.7. The monoisotopic (exact) mass is 528 g/mol. The Labute approximate surface area is 235 Å². The first-order valence-corrected chi connectivity index (χ1v) is 13.4. The van der Waals surface area contributed by atoms with E-state index in [0.29, 0.717) is 35.1 Å². The van der Waals surface area contributed by atoms with Crippen molar-refractivity contribution in [3.8, 4) is 17.2 Å². The number of ether oxygens (including phenoxy) is 2. The molecule has 0 aliphatic heterocycles. The minimum Gasteiger partial charge on any atom is -0.492 e. The molecule has 0 aromatic heterocycles. The van der Waals surface area contributed by atoms with Gasteiger partial charge < -0.3 is 14.8 Å². The molecular weight excluding hydrogens is 496 g/mol. The van der Waals surface area contributed by atoms with Gasteiger partial charge in [0.1, 0.15) is 18.1 Å². The molecule has 0 fully saturated rings. The number of hydrogen-bond donors (Lipinski definition) is 1. The largest absolute Gasteiger partial charge is 0.492 e. The van der Waals surface area contributed by atoms with E-state index in [4.69, 9.17) is 9.47 Å². The van der Waals surface area contributed by atoms with Crippen LogP contribution in [-0.4, -0.2) is 24.0 Å². The average Bonchev–Trinajstić information content (AvgIpc) is 3.00. The Kier molecular flexibility index (Phi) is 9.21. The van der Waals surface area contributed by atoms with Crippen LogP contribution >= 0.6 is 0 Å². The van der Waals surface area contributed by atoms with Gasteiger partial charge in [-0.2, -0.15) is 0 Å². The fraction of sp³-hybridized carbons (Fsp3) is 0.114. The van der Waals surface area contributed by atoms with Crippen molar-refractivity contribution < 1.29 is 14.3 Å². The standard InChI is InChI=1S/C35H32N2O3/c38-35(36-33-21-10-11-22-34(33)40-31-18-8-3-9-19-31)30-17-12-20-32(25-30)39-24-23-37(26-28-13-4-1-5-14-28)27-29-15-6-2-7-16-29/h1-22,25H,23-24,26-27H2,(H,36,38). The summed E-state index contributed by atoms with van der Waals surface area (Å²) in [6.45, 7) is 2.89. The third kappa shape index (κ3) is 7.82. The lowest BCUT2D eigenvalue weighted by Gasteiger charge is -2.23. The Balaban J connectivity index is 1.21. The molecule has 40 heavy (non-hydrogen) atoms. The maximum atomic E-state index is 13.1. The summed E-state index contributed by atoms with van der Waals surface area (Å²) in [5.41, 5.74) is 3.62. The Morgan fingerprint density at radius 3 is 1.88 bits per heavy atom. The molecule has 5 rings (SSSR count). The number of anilines is 1. The summed E-state index contributed by atoms with van der Waals surface area (Å²) < 4.78 is 12.1. The maximum absolute atomic E-state index is 13.1. The number of para-hydroxylation sites is 3. The zero-order valence-electron chi connectivity index (χ0n) is 22.3. The highest BCUT2D eigenvalue weighted by Gasteiger charge is 2.12. The highest BCUT2D eigenvalue weighted by molar-refractivity contribution is 6.05. The summed E-state index contributed by atoms with van der Waals surface area (Å²) in [4.78, 5) is 15.5. The van der Waals surface area contributed by atoms with E-state index < -0.39 is 0 Å². The number of rotatable bonds is 12. The Hall–Kier alpha value is -4.87. The van der Waals surface area contributed by atoms with Crippen LogP contribution in [0.2, 0.25) is 0 Å². The van der Waals surface area contributed by atoms with E-state index in [-0.39, 0.29) is 5.91 Å². The summed E-state index contributed by atoms with van der Waals surface area (Å²) in [7, 11) is 0. The van der Waals surface area contributed by atoms with Gasteiger partial charge in [0.2, 0.25) is 0 Å². The van der Waals surface area contributed by atoms with Gasteiger partial charge in [-0.05, 0) is 53.6 Å². The van der Waals surface area contributed by atoms with Gasteiger partial charge in [0.15, 0.2) is 5.75 Å². The van der Waals surface area contributed by atoms with Crippen molar-refractivity contribution in [2.45, 2.75) is 13.1 Å². The number of benzene rings is 5. The van der Waals surface area contributed by atoms with Crippen LogP contribution in [0.25, 0.3) is 0 Å². The molecule has 0 unspecified atom stereocenters. The van der Waals surface area contributed by atoms with Crippen molar-refractivity contribution in [3.05, 3.63) is 156 Å². The number of nitrogens with one attached hydrogen (secondary N) is 1. The van der Waals surface area contributed by atoms with E-state index in [9.17, 15) is 4.79 Å². The third-order valence-electron chi connectivity index (χ3n) is 6.38. The SMILES string of the molecule is O=C(Nc1ccccc1Oc1ccccc1)c1cccc(OCCN(Cc2ccccc2)Cc2ccccc2)c1. The lowest BCUT2D eigenvalue weighted by molar-refractivity contribution is 0.102. The van der Waals surface area contributed by atoms with Gasteiger partial charge in [-0.15, -0.1) is 0 Å². The molecule has 0 saturated heterocycles. The molecule has 200 valence electrons. The van der Waals surface area contributed by atoms with Gasteiger partial charge in [0.25, 0.3) is 5.91 Å². The highest BCUT2D eigenvalue weighted by Crippen LogP contribution is 2.29. The average molecular weight is 529 g/mol. The summed E-state index contributed by atoms with van der Waals surface area (Å²) in [6.07, 6.45) is 0. The number of hydrogen-bond acceptors (Lipinski definition) is 4. The van der Waals surface area contributed by atoms with Crippen LogP contribution in [0.3, 0.4) is 0 Å². The lowest BCUT2D eigenvalue weighted by atomic mass is 10.1. The zero-order valence-corrected chi connectivity index (χ0v) is 22.3. The predicted molar refractivity (Wildman–Crippen MR) is 160 cm³/mol. The van der Waals surface area contributed by atoms with Gasteiger partial charge in [-0.25, -0.2) is 0 Å². The van der Waals surface area contributed by atoms with Gasteiger partial charge in [-0.3, -0.25) is 9.69 Å². The van der Waals surface area contributed by atoms with Crippen molar-refractivity contribution >= 4 is 11.6 Å². The molecule has 5 heteroatoms. The van der Waals surface area contributed by atoms with Crippen molar-refractivity contribution in [1.29, 1.82) is 0 Å². The maximum Gasteiger partial charge on any atom is 0.255 e. The van der Waals surface area contributed by atoms with Crippen LogP contribution in [-0.2, 0) is 13.1 Å². The third-order valence-corrected chi connectivity index (χ3v) is 6.38. The van der Waals surface area contributed by atoms with Crippen LogP contribution in [0.5, 0.6) is 17.2 Å². The number of amides is 1. The molecule has 5 nitrogen and oxygen atoms in total. The van der Waals surface area contributed by atoms with Crippen molar-refractivity contribution in [3.63, 3.8) is 0 Å². The molecule has 0 aliphatic carbocycles. The van der Waals surface area contributed by atoms with E-state index in [1.165, 1.54) is 11.1 Å². The second kappa shape index (κ2) is 13.8. The molecule has 1 N–H and O–H groups in total. The van der Waals surface area contributed by atoms with Crippen LogP contribution in [0.15, 0.2) is 140 Å². The van der Waals surface area contributed by atoms with Gasteiger partial charge >= 0.3 is 0 Å². The summed E-state index contributed by atoms with van der Waals surface area (Å²) in [5, 5.41) is 2.98. The number of carbonyl (C=O) groups excluding carboxylic acids is 1. The molecule has 0 radical (unpaired) electrons. The molecule has 5 aromatic rings. The predicted octanol–water partition coefficient (Wildman–Crippen LogP) is 7.81. The Morgan fingerprint density at radius 2 is 1.20 bits per heavy atom. The molecular formula is C35H32N2O3. The fourth-order valence-corrected chi connectivity index (χ4v) is 4.39. The van der Waals surface area contributed by atoms with E-state index in [0.717, 1.165) is 19.6 Å². The first-order valence-electron chi connectivity index (χ1n) is 13.4. The smallest absolute Gasteiger partial charge is 0.255 e. The van der Waals surface area contributed by atoms with E-state index in [1.54, 1.807) is 12.1 Å². The van der Waals surface area contributed by atoms with Crippen LogP contribution in [0.4, 0.5) is 5.69 Å². The van der Waals surface area contributed by atoms with Crippen LogP contribution in [0.1, 0.15) is 21.5 Å². The number of carbonyl (C=O) groups is 1. The topological polar surface area (TPSA) is 50.8 Å². The minimum atomic E-state index is -0.232. The fourth-order valence-electron chi connectivity index (χ4n) is 4.39. The Morgan fingerprint density at radius 1 is 0.625 bits per heavy atom. The van der Waals surface area contributed by atoms with Gasteiger partial charge in [-0.1, -0.05) is 97.1 Å². The summed E-state index contributed by atoms with van der Waals surface area (Å²) in [5.74, 6) is 1.70. The molecule has 0 atom stereocenters. The second-order valence-corrected chi connectivity index (χ2v) is 9.42. The molecule has 0 spiro atoms. The van der Waals surface area contributed by atoms with Crippen LogP contribution < -0.4 is 14.8 Å². The lowest BCUT2D eigenvalue weighted by Crippen LogP contribution is -2.27. The number of nitrogens with zero attached hydrogens (tertiary/aromatic N) is 1. The van der Waals surface area contributed by atoms with E-state index >= 15 is 0 Å². The summed E-state index contributed by atoms with van der Waals surface area (Å²) >= 11 is 0. The molecule has 0 heterocycles. The Bertz CT molecular complexity index is 1450. The van der Waals surface area contributed by atoms with Gasteiger partial charge in [0.05, 0.1) is 5.69 Å². The first kappa shape index (κ1) is 26.7. The van der Waals surface area contributed by atoms with Crippen molar-refractivity contribution in [2.24, 2.45) is 0 Å². The zero-order chi connectivity index (χ0) is 27.4. The molecule has 0 aliphatic rings. The molecule has 0 bridgehead atoms. The second-order valence-electron chi connectivity index (χ2n) is 9.42.